The molecule has 3 rings (SSSR count). The monoisotopic (exact) mass is 319 g/mol. The van der Waals surface area contributed by atoms with Gasteiger partial charge in [-0.3, -0.25) is 0 Å². The highest BCUT2D eigenvalue weighted by Gasteiger charge is 2.36. The highest BCUT2D eigenvalue weighted by atomic mass is 79.9. The van der Waals surface area contributed by atoms with Crippen molar-refractivity contribution in [2.45, 2.75) is 24.8 Å². The van der Waals surface area contributed by atoms with E-state index in [0.717, 1.165) is 24.8 Å². The van der Waals surface area contributed by atoms with Gasteiger partial charge in [-0.2, -0.15) is 0 Å². The van der Waals surface area contributed by atoms with Gasteiger partial charge in [-0.25, -0.2) is 4.39 Å². The maximum atomic E-state index is 14.4. The van der Waals surface area contributed by atoms with Gasteiger partial charge in [0.1, 0.15) is 5.82 Å². The Hall–Kier alpha value is -1.19. The number of nitrogens with two attached hydrogens (primary N) is 1. The number of rotatable bonds is 1. The van der Waals surface area contributed by atoms with Gasteiger partial charge in [0.15, 0.2) is 0 Å². The van der Waals surface area contributed by atoms with E-state index in [1.54, 1.807) is 12.1 Å². The molecular weight excluding hydrogens is 305 g/mol. The zero-order valence-electron chi connectivity index (χ0n) is 10.5. The predicted molar refractivity (Wildman–Crippen MR) is 78.4 cm³/mol. The second kappa shape index (κ2) is 4.73. The van der Waals surface area contributed by atoms with E-state index in [9.17, 15) is 4.39 Å². The lowest BCUT2D eigenvalue weighted by Gasteiger charge is -2.36. The summed E-state index contributed by atoms with van der Waals surface area (Å²) in [5, 5.41) is 0. The molecule has 2 N–H and O–H groups in total. The van der Waals surface area contributed by atoms with Gasteiger partial charge in [-0.05, 0) is 52.4 Å². The fourth-order valence-corrected chi connectivity index (χ4v) is 3.36. The average Bonchev–Trinajstić information content (AvgIpc) is 2.42. The zero-order chi connectivity index (χ0) is 13.5. The van der Waals surface area contributed by atoms with Crippen molar-refractivity contribution in [1.82, 2.24) is 0 Å². The maximum absolute atomic E-state index is 14.4. The van der Waals surface area contributed by atoms with Crippen LogP contribution in [-0.2, 0) is 12.0 Å². The predicted octanol–water partition coefficient (Wildman–Crippen LogP) is 4.13. The summed E-state index contributed by atoms with van der Waals surface area (Å²) in [5.74, 6) is -0.248. The Morgan fingerprint density at radius 3 is 2.63 bits per heavy atom. The highest BCUT2D eigenvalue weighted by molar-refractivity contribution is 9.10. The molecule has 19 heavy (non-hydrogen) atoms. The molecule has 0 fully saturated rings. The van der Waals surface area contributed by atoms with Gasteiger partial charge in [-0.15, -0.1) is 0 Å². The van der Waals surface area contributed by atoms with Crippen LogP contribution in [0.4, 0.5) is 4.39 Å². The Bertz CT molecular complexity index is 626. The summed E-state index contributed by atoms with van der Waals surface area (Å²) in [6.07, 6.45) is 2.78. The van der Waals surface area contributed by atoms with Gasteiger partial charge < -0.3 is 5.73 Å². The van der Waals surface area contributed by atoms with Crippen LogP contribution >= 0.6 is 15.9 Å². The molecule has 3 heteroatoms. The standard InChI is InChI=1S/C16H15BrFN/c17-14-9-3-8-13(15(14)18)16(19)10-4-6-11-5-1-2-7-12(11)16/h1-3,5,7-9H,4,6,10,19H2. The van der Waals surface area contributed by atoms with Crippen LogP contribution in [0, 0.1) is 5.82 Å². The smallest absolute Gasteiger partial charge is 0.142 e. The molecule has 1 atom stereocenters. The first-order valence-corrected chi connectivity index (χ1v) is 7.24. The van der Waals surface area contributed by atoms with Crippen molar-refractivity contribution >= 4 is 15.9 Å². The van der Waals surface area contributed by atoms with Crippen molar-refractivity contribution in [2.75, 3.05) is 0 Å². The molecule has 98 valence electrons. The first kappa shape index (κ1) is 12.8. The average molecular weight is 320 g/mol. The largest absolute Gasteiger partial charge is 0.318 e. The third-order valence-corrected chi connectivity index (χ3v) is 4.56. The number of halogens is 2. The van der Waals surface area contributed by atoms with Crippen LogP contribution in [0.1, 0.15) is 29.5 Å². The molecule has 0 radical (unpaired) electrons. The molecule has 0 aromatic heterocycles. The highest BCUT2D eigenvalue weighted by Crippen LogP contribution is 2.40. The molecule has 0 saturated heterocycles. The minimum absolute atomic E-state index is 0.248. The topological polar surface area (TPSA) is 26.0 Å². The van der Waals surface area contributed by atoms with Crippen molar-refractivity contribution in [1.29, 1.82) is 0 Å². The fourth-order valence-electron chi connectivity index (χ4n) is 2.99. The molecule has 0 aliphatic heterocycles. The van der Waals surface area contributed by atoms with Gasteiger partial charge in [0, 0.05) is 5.56 Å². The molecule has 0 bridgehead atoms. The van der Waals surface area contributed by atoms with Gasteiger partial charge in [0.05, 0.1) is 10.0 Å². The first-order valence-electron chi connectivity index (χ1n) is 6.45. The SMILES string of the molecule is NC1(c2cccc(Br)c2F)CCCc2ccccc21. The zero-order valence-corrected chi connectivity index (χ0v) is 12.1. The molecule has 2 aromatic carbocycles. The maximum Gasteiger partial charge on any atom is 0.142 e. The molecule has 1 unspecified atom stereocenters. The van der Waals surface area contributed by atoms with Crippen LogP contribution in [0.2, 0.25) is 0 Å². The van der Waals surface area contributed by atoms with Gasteiger partial charge in [0.25, 0.3) is 0 Å². The van der Waals surface area contributed by atoms with E-state index in [2.05, 4.69) is 22.0 Å². The van der Waals surface area contributed by atoms with Crippen LogP contribution in [0.3, 0.4) is 0 Å². The van der Waals surface area contributed by atoms with Crippen molar-refractivity contribution < 1.29 is 4.39 Å². The van der Waals surface area contributed by atoms with Crippen LogP contribution in [0.5, 0.6) is 0 Å². The number of aryl methyl sites for hydroxylation is 1. The molecule has 1 nitrogen and oxygen atoms in total. The van der Waals surface area contributed by atoms with E-state index in [1.165, 1.54) is 5.56 Å². The summed E-state index contributed by atoms with van der Waals surface area (Å²) in [6.45, 7) is 0. The van der Waals surface area contributed by atoms with E-state index in [4.69, 9.17) is 5.73 Å². The summed E-state index contributed by atoms with van der Waals surface area (Å²) in [5.41, 5.74) is 8.75. The van der Waals surface area contributed by atoms with E-state index in [0.29, 0.717) is 10.0 Å². The quantitative estimate of drug-likeness (QED) is 0.840. The van der Waals surface area contributed by atoms with Crippen LogP contribution in [-0.4, -0.2) is 0 Å². The van der Waals surface area contributed by atoms with E-state index in [-0.39, 0.29) is 5.82 Å². The van der Waals surface area contributed by atoms with E-state index < -0.39 is 5.54 Å². The molecule has 1 aliphatic carbocycles. The van der Waals surface area contributed by atoms with Crippen LogP contribution < -0.4 is 5.73 Å². The Morgan fingerprint density at radius 1 is 1.05 bits per heavy atom. The van der Waals surface area contributed by atoms with Crippen LogP contribution in [0.25, 0.3) is 0 Å². The molecule has 0 saturated carbocycles. The Balaban J connectivity index is 2.22. The number of benzene rings is 2. The number of hydrogen-bond donors (Lipinski definition) is 1. The second-order valence-electron chi connectivity index (χ2n) is 5.08. The lowest BCUT2D eigenvalue weighted by atomic mass is 9.73. The molecule has 0 amide bonds. The van der Waals surface area contributed by atoms with Crippen molar-refractivity contribution in [3.05, 3.63) is 69.4 Å². The van der Waals surface area contributed by atoms with Crippen molar-refractivity contribution in [3.63, 3.8) is 0 Å². The summed E-state index contributed by atoms with van der Waals surface area (Å²) in [7, 11) is 0. The minimum atomic E-state index is -0.720. The lowest BCUT2D eigenvalue weighted by Crippen LogP contribution is -2.42. The fraction of sp³-hybridized carbons (Fsp3) is 0.250. The molecular formula is C16H15BrFN. The van der Waals surface area contributed by atoms with Crippen LogP contribution in [0.15, 0.2) is 46.9 Å². The Kier molecular flexibility index (Phi) is 3.19. The Morgan fingerprint density at radius 2 is 1.79 bits per heavy atom. The van der Waals surface area contributed by atoms with Crippen molar-refractivity contribution in [2.24, 2.45) is 5.73 Å². The molecule has 0 spiro atoms. The third kappa shape index (κ3) is 2.01. The normalized spacial score (nSPS) is 22.1. The van der Waals surface area contributed by atoms with E-state index >= 15 is 0 Å². The Labute approximate surface area is 120 Å². The van der Waals surface area contributed by atoms with Gasteiger partial charge in [-0.1, -0.05) is 36.4 Å². The summed E-state index contributed by atoms with van der Waals surface area (Å²) >= 11 is 3.25. The molecule has 0 heterocycles. The van der Waals surface area contributed by atoms with Gasteiger partial charge >= 0.3 is 0 Å². The number of fused-ring (bicyclic) bond motifs is 1. The summed E-state index contributed by atoms with van der Waals surface area (Å²) in [6, 6.07) is 13.4. The lowest BCUT2D eigenvalue weighted by molar-refractivity contribution is 0.420. The van der Waals surface area contributed by atoms with E-state index in [1.807, 2.05) is 24.3 Å². The minimum Gasteiger partial charge on any atom is -0.318 e. The summed E-state index contributed by atoms with van der Waals surface area (Å²) in [4.78, 5) is 0. The van der Waals surface area contributed by atoms with Gasteiger partial charge in [0.2, 0.25) is 0 Å². The number of hydrogen-bond acceptors (Lipinski definition) is 1. The first-order chi connectivity index (χ1) is 9.13. The van der Waals surface area contributed by atoms with Crippen molar-refractivity contribution in [3.8, 4) is 0 Å². The second-order valence-corrected chi connectivity index (χ2v) is 5.94. The third-order valence-electron chi connectivity index (χ3n) is 3.95. The molecule has 1 aliphatic rings. The summed E-state index contributed by atoms with van der Waals surface area (Å²) < 4.78 is 14.9. The molecule has 2 aromatic rings.